The maximum atomic E-state index is 14.4. The van der Waals surface area contributed by atoms with E-state index in [1.54, 1.807) is 0 Å². The van der Waals surface area contributed by atoms with E-state index in [0.29, 0.717) is 24.5 Å². The third kappa shape index (κ3) is 3.92. The molecule has 0 amide bonds. The van der Waals surface area contributed by atoms with Crippen LogP contribution in [0.5, 0.6) is 5.75 Å². The van der Waals surface area contributed by atoms with Crippen molar-refractivity contribution >= 4 is 0 Å². The van der Waals surface area contributed by atoms with E-state index in [-0.39, 0.29) is 5.75 Å². The quantitative estimate of drug-likeness (QED) is 0.585. The lowest BCUT2D eigenvalue weighted by molar-refractivity contribution is 0.163. The number of aryl methyl sites for hydroxylation is 2. The monoisotopic (exact) mass is 362 g/mol. The minimum absolute atomic E-state index is 0.158. The van der Waals surface area contributed by atoms with Crippen molar-refractivity contribution in [3.63, 3.8) is 0 Å². The van der Waals surface area contributed by atoms with E-state index in [1.165, 1.54) is 57.8 Å². The Morgan fingerprint density at radius 1 is 0.846 bits per heavy atom. The molecular weight excluding hydrogens is 330 g/mol. The summed E-state index contributed by atoms with van der Waals surface area (Å²) in [6.07, 6.45) is 15.8. The van der Waals surface area contributed by atoms with E-state index < -0.39 is 11.6 Å². The van der Waals surface area contributed by atoms with Crippen molar-refractivity contribution < 1.29 is 13.5 Å². The van der Waals surface area contributed by atoms with Crippen LogP contribution in [0.25, 0.3) is 0 Å². The number of ether oxygens (including phenoxy) is 1. The predicted molar refractivity (Wildman–Crippen MR) is 101 cm³/mol. The third-order valence-electron chi connectivity index (χ3n) is 7.18. The molecule has 3 aliphatic rings. The van der Waals surface area contributed by atoms with Crippen molar-refractivity contribution in [1.82, 2.24) is 0 Å². The molecule has 0 N–H and O–H groups in total. The molecule has 0 radical (unpaired) electrons. The van der Waals surface area contributed by atoms with Gasteiger partial charge in [-0.3, -0.25) is 0 Å². The van der Waals surface area contributed by atoms with Gasteiger partial charge in [0.25, 0.3) is 0 Å². The van der Waals surface area contributed by atoms with Gasteiger partial charge in [-0.25, -0.2) is 4.39 Å². The second-order valence-electron chi connectivity index (χ2n) is 8.82. The van der Waals surface area contributed by atoms with E-state index in [4.69, 9.17) is 4.74 Å². The van der Waals surface area contributed by atoms with E-state index >= 15 is 0 Å². The van der Waals surface area contributed by atoms with Crippen molar-refractivity contribution in [2.75, 3.05) is 6.61 Å². The summed E-state index contributed by atoms with van der Waals surface area (Å²) in [5.41, 5.74) is 1.41. The van der Waals surface area contributed by atoms with Gasteiger partial charge in [0.05, 0.1) is 6.61 Å². The molecule has 1 heterocycles. The number of benzene rings is 1. The van der Waals surface area contributed by atoms with E-state index in [1.807, 2.05) is 6.07 Å². The van der Waals surface area contributed by atoms with Gasteiger partial charge < -0.3 is 4.74 Å². The highest BCUT2D eigenvalue weighted by molar-refractivity contribution is 5.41. The third-order valence-corrected chi connectivity index (χ3v) is 7.18. The van der Waals surface area contributed by atoms with Crippen molar-refractivity contribution in [2.24, 2.45) is 17.8 Å². The molecule has 1 aromatic carbocycles. The molecule has 2 saturated carbocycles. The van der Waals surface area contributed by atoms with Gasteiger partial charge in [-0.15, -0.1) is 0 Å². The average Bonchev–Trinajstić information content (AvgIpc) is 2.71. The number of fused-ring (bicyclic) bond motifs is 1. The molecule has 144 valence electrons. The Hall–Kier alpha value is -1.12. The molecule has 2 aliphatic carbocycles. The summed E-state index contributed by atoms with van der Waals surface area (Å²) in [5.74, 6) is 1.30. The zero-order valence-electron chi connectivity index (χ0n) is 15.9. The molecule has 0 bridgehead atoms. The standard InChI is InChI=1S/C23H32F2O/c24-21-19(15-20-7-4-14-26-23(20)22(21)25)13-10-16-8-11-18(12-9-16)17-5-2-1-3-6-17/h15-18H,1-14H2. The average molecular weight is 363 g/mol. The summed E-state index contributed by atoms with van der Waals surface area (Å²) in [5, 5.41) is 0. The van der Waals surface area contributed by atoms with Crippen LogP contribution in [-0.4, -0.2) is 6.61 Å². The van der Waals surface area contributed by atoms with Gasteiger partial charge >= 0.3 is 0 Å². The largest absolute Gasteiger partial charge is 0.490 e. The van der Waals surface area contributed by atoms with Crippen molar-refractivity contribution in [2.45, 2.75) is 83.5 Å². The van der Waals surface area contributed by atoms with Gasteiger partial charge in [-0.05, 0) is 73.5 Å². The highest BCUT2D eigenvalue weighted by Gasteiger charge is 2.29. The number of halogens is 2. The van der Waals surface area contributed by atoms with Crippen LogP contribution in [0.3, 0.4) is 0 Å². The number of hydrogen-bond acceptors (Lipinski definition) is 1. The van der Waals surface area contributed by atoms with E-state index in [9.17, 15) is 8.78 Å². The summed E-state index contributed by atoms with van der Waals surface area (Å²) in [6.45, 7) is 0.493. The fourth-order valence-corrected chi connectivity index (χ4v) is 5.59. The zero-order valence-corrected chi connectivity index (χ0v) is 15.9. The first-order valence-electron chi connectivity index (χ1n) is 10.8. The molecule has 2 fully saturated rings. The molecule has 1 nitrogen and oxygen atoms in total. The van der Waals surface area contributed by atoms with Crippen LogP contribution in [-0.2, 0) is 12.8 Å². The summed E-state index contributed by atoms with van der Waals surface area (Å²) < 4.78 is 34.0. The fourth-order valence-electron chi connectivity index (χ4n) is 5.59. The van der Waals surface area contributed by atoms with Gasteiger partial charge in [0.2, 0.25) is 5.82 Å². The molecule has 0 aromatic heterocycles. The van der Waals surface area contributed by atoms with Crippen molar-refractivity contribution in [3.05, 3.63) is 28.8 Å². The summed E-state index contributed by atoms with van der Waals surface area (Å²) in [7, 11) is 0. The molecular formula is C23H32F2O. The van der Waals surface area contributed by atoms with Gasteiger partial charge in [0, 0.05) is 0 Å². The number of rotatable bonds is 4. The van der Waals surface area contributed by atoms with E-state index in [0.717, 1.165) is 36.7 Å². The predicted octanol–water partition coefficient (Wildman–Crippen LogP) is 6.61. The number of hydrogen-bond donors (Lipinski definition) is 0. The van der Waals surface area contributed by atoms with Crippen LogP contribution in [0.4, 0.5) is 8.78 Å². The molecule has 0 atom stereocenters. The molecule has 1 aromatic rings. The van der Waals surface area contributed by atoms with Gasteiger partial charge in [-0.2, -0.15) is 4.39 Å². The Morgan fingerprint density at radius 3 is 2.35 bits per heavy atom. The van der Waals surface area contributed by atoms with Crippen molar-refractivity contribution in [1.29, 1.82) is 0 Å². The minimum Gasteiger partial charge on any atom is -0.490 e. The van der Waals surface area contributed by atoms with Gasteiger partial charge in [-0.1, -0.05) is 44.9 Å². The Morgan fingerprint density at radius 2 is 1.58 bits per heavy atom. The molecule has 0 saturated heterocycles. The highest BCUT2D eigenvalue weighted by atomic mass is 19.2. The van der Waals surface area contributed by atoms with Crippen LogP contribution in [0, 0.1) is 29.4 Å². The SMILES string of the molecule is Fc1c(CCC2CCC(C3CCCCC3)CC2)cc2c(c1F)OCCC2. The second-order valence-corrected chi connectivity index (χ2v) is 8.82. The molecule has 26 heavy (non-hydrogen) atoms. The zero-order chi connectivity index (χ0) is 17.9. The Bertz CT molecular complexity index is 613. The van der Waals surface area contributed by atoms with Crippen LogP contribution in [0.15, 0.2) is 6.07 Å². The summed E-state index contributed by atoms with van der Waals surface area (Å²) in [6, 6.07) is 1.86. The van der Waals surface area contributed by atoms with Crippen LogP contribution in [0.2, 0.25) is 0 Å². The lowest BCUT2D eigenvalue weighted by Gasteiger charge is -2.36. The van der Waals surface area contributed by atoms with Crippen LogP contribution in [0.1, 0.15) is 81.8 Å². The van der Waals surface area contributed by atoms with Crippen LogP contribution >= 0.6 is 0 Å². The van der Waals surface area contributed by atoms with Gasteiger partial charge in [0.1, 0.15) is 0 Å². The Balaban J connectivity index is 1.32. The fraction of sp³-hybridized carbons (Fsp3) is 0.739. The first kappa shape index (κ1) is 18.3. The maximum Gasteiger partial charge on any atom is 0.201 e. The highest BCUT2D eigenvalue weighted by Crippen LogP contribution is 2.41. The normalized spacial score (nSPS) is 27.0. The lowest BCUT2D eigenvalue weighted by atomic mass is 9.70. The van der Waals surface area contributed by atoms with Crippen LogP contribution < -0.4 is 4.74 Å². The first-order chi connectivity index (χ1) is 12.7. The molecule has 0 unspecified atom stereocenters. The Kier molecular flexibility index (Phi) is 5.81. The smallest absolute Gasteiger partial charge is 0.201 e. The summed E-state index contributed by atoms with van der Waals surface area (Å²) >= 11 is 0. The van der Waals surface area contributed by atoms with Crippen molar-refractivity contribution in [3.8, 4) is 5.75 Å². The topological polar surface area (TPSA) is 9.23 Å². The molecule has 4 rings (SSSR count). The molecule has 1 aliphatic heterocycles. The first-order valence-corrected chi connectivity index (χ1v) is 10.8. The molecule has 3 heteroatoms. The minimum atomic E-state index is -0.766. The summed E-state index contributed by atoms with van der Waals surface area (Å²) in [4.78, 5) is 0. The Labute approximate surface area is 156 Å². The van der Waals surface area contributed by atoms with Gasteiger partial charge in [0.15, 0.2) is 11.6 Å². The molecule has 0 spiro atoms. The second kappa shape index (κ2) is 8.27. The lowest BCUT2D eigenvalue weighted by Crippen LogP contribution is -2.24. The van der Waals surface area contributed by atoms with E-state index in [2.05, 4.69) is 0 Å². The maximum absolute atomic E-state index is 14.4.